The Bertz CT molecular complexity index is 575. The second-order valence-electron chi connectivity index (χ2n) is 5.72. The molecule has 23 heavy (non-hydrogen) atoms. The maximum Gasteiger partial charge on any atom is 0.408 e. The molecule has 8 heteroatoms. The molecular formula is C15H21BrN2O4S. The number of carbonyl (C=O) groups excluding carboxylic acids is 2. The average Bonchev–Trinajstić information content (AvgIpc) is 2.42. The molecule has 128 valence electrons. The largest absolute Gasteiger partial charge is 0.467 e. The van der Waals surface area contributed by atoms with E-state index in [1.54, 1.807) is 26.8 Å². The smallest absolute Gasteiger partial charge is 0.408 e. The fourth-order valence-corrected chi connectivity index (χ4v) is 2.92. The molecule has 0 saturated heterocycles. The van der Waals surface area contributed by atoms with E-state index in [1.165, 1.54) is 18.9 Å². The number of hydrogen-bond donors (Lipinski definition) is 2. The molecule has 0 heterocycles. The van der Waals surface area contributed by atoms with Crippen molar-refractivity contribution < 1.29 is 19.1 Å². The summed E-state index contributed by atoms with van der Waals surface area (Å²) in [6.45, 7) is 5.24. The normalized spacial score (nSPS) is 12.4. The minimum Gasteiger partial charge on any atom is -0.467 e. The van der Waals surface area contributed by atoms with Crippen molar-refractivity contribution in [2.24, 2.45) is 0 Å². The van der Waals surface area contributed by atoms with Gasteiger partial charge < -0.3 is 20.5 Å². The number of ether oxygens (including phenoxy) is 2. The molecule has 1 amide bonds. The van der Waals surface area contributed by atoms with Gasteiger partial charge in [0.2, 0.25) is 0 Å². The topological polar surface area (TPSA) is 90.6 Å². The molecule has 6 nitrogen and oxygen atoms in total. The first-order valence-corrected chi connectivity index (χ1v) is 8.65. The minimum atomic E-state index is -0.831. The van der Waals surface area contributed by atoms with Crippen LogP contribution in [-0.4, -0.2) is 36.6 Å². The van der Waals surface area contributed by atoms with E-state index in [9.17, 15) is 9.59 Å². The lowest BCUT2D eigenvalue weighted by Crippen LogP contribution is -2.45. The maximum absolute atomic E-state index is 11.8. The number of methoxy groups -OCH3 is 1. The first-order valence-electron chi connectivity index (χ1n) is 6.87. The second-order valence-corrected chi connectivity index (χ2v) is 7.69. The van der Waals surface area contributed by atoms with Gasteiger partial charge in [0.25, 0.3) is 0 Å². The number of rotatable bonds is 5. The Morgan fingerprint density at radius 2 is 2.04 bits per heavy atom. The lowest BCUT2D eigenvalue weighted by atomic mass is 10.2. The van der Waals surface area contributed by atoms with E-state index in [0.29, 0.717) is 5.69 Å². The molecule has 0 aliphatic rings. The van der Waals surface area contributed by atoms with Crippen molar-refractivity contribution in [3.05, 3.63) is 22.7 Å². The average molecular weight is 405 g/mol. The molecule has 1 atom stereocenters. The van der Waals surface area contributed by atoms with E-state index >= 15 is 0 Å². The predicted molar refractivity (Wildman–Crippen MR) is 94.5 cm³/mol. The number of thioether (sulfide) groups is 1. The maximum atomic E-state index is 11.8. The van der Waals surface area contributed by atoms with Crippen LogP contribution in [0.5, 0.6) is 0 Å². The zero-order valence-electron chi connectivity index (χ0n) is 13.5. The summed E-state index contributed by atoms with van der Waals surface area (Å²) < 4.78 is 10.7. The first-order chi connectivity index (χ1) is 10.6. The molecule has 0 aliphatic heterocycles. The highest BCUT2D eigenvalue weighted by atomic mass is 79.9. The Labute approximate surface area is 148 Å². The molecule has 0 saturated carbocycles. The number of carbonyl (C=O) groups is 2. The molecule has 1 aromatic rings. The van der Waals surface area contributed by atoms with Gasteiger partial charge in [0.15, 0.2) is 0 Å². The van der Waals surface area contributed by atoms with Crippen molar-refractivity contribution in [2.45, 2.75) is 37.3 Å². The zero-order chi connectivity index (χ0) is 17.6. The molecule has 3 N–H and O–H groups in total. The first kappa shape index (κ1) is 19.6. The monoisotopic (exact) mass is 404 g/mol. The number of benzene rings is 1. The van der Waals surface area contributed by atoms with Crippen LogP contribution < -0.4 is 11.1 Å². The Hall–Kier alpha value is -1.41. The van der Waals surface area contributed by atoms with E-state index in [0.717, 1.165) is 9.37 Å². The van der Waals surface area contributed by atoms with E-state index in [2.05, 4.69) is 21.2 Å². The van der Waals surface area contributed by atoms with E-state index in [4.69, 9.17) is 15.2 Å². The third-order valence-electron chi connectivity index (χ3n) is 2.55. The van der Waals surface area contributed by atoms with E-state index in [-0.39, 0.29) is 5.75 Å². The summed E-state index contributed by atoms with van der Waals surface area (Å²) >= 11 is 4.68. The van der Waals surface area contributed by atoms with Gasteiger partial charge in [-0.2, -0.15) is 0 Å². The number of anilines is 1. The Kier molecular flexibility index (Phi) is 7.21. The van der Waals surface area contributed by atoms with Crippen LogP contribution in [0.3, 0.4) is 0 Å². The van der Waals surface area contributed by atoms with Gasteiger partial charge in [0.1, 0.15) is 11.6 Å². The summed E-state index contributed by atoms with van der Waals surface area (Å²) in [6, 6.07) is 4.64. The van der Waals surface area contributed by atoms with Crippen molar-refractivity contribution in [3.63, 3.8) is 0 Å². The number of halogens is 1. The number of hydrogen-bond acceptors (Lipinski definition) is 6. The minimum absolute atomic E-state index is 0.276. The molecule has 1 rings (SSSR count). The van der Waals surface area contributed by atoms with Gasteiger partial charge in [-0.1, -0.05) is 15.9 Å². The van der Waals surface area contributed by atoms with Gasteiger partial charge in [0, 0.05) is 20.8 Å². The summed E-state index contributed by atoms with van der Waals surface area (Å²) in [6.07, 6.45) is -0.669. The van der Waals surface area contributed by atoms with E-state index < -0.39 is 23.7 Å². The lowest BCUT2D eigenvalue weighted by molar-refractivity contribution is -0.142. The standard InChI is InChI=1S/C15H21BrN2O4S/c1-15(2,3)22-14(20)18-11(13(19)21-4)8-23-12-6-5-9(16)7-10(12)17/h5-7,11H,8,17H2,1-4H3,(H,18,20)/t11-/m1/s1. The van der Waals surface area contributed by atoms with E-state index in [1.807, 2.05) is 12.1 Å². The summed E-state index contributed by atoms with van der Waals surface area (Å²) in [5, 5.41) is 2.52. The molecule has 0 spiro atoms. The molecule has 0 fully saturated rings. The Morgan fingerprint density at radius 1 is 1.39 bits per heavy atom. The van der Waals surface area contributed by atoms with Gasteiger partial charge >= 0.3 is 12.1 Å². The van der Waals surface area contributed by atoms with Crippen LogP contribution in [-0.2, 0) is 14.3 Å². The molecule has 0 unspecified atom stereocenters. The zero-order valence-corrected chi connectivity index (χ0v) is 15.9. The van der Waals surface area contributed by atoms with Crippen LogP contribution in [0.15, 0.2) is 27.6 Å². The van der Waals surface area contributed by atoms with Crippen LogP contribution in [0.25, 0.3) is 0 Å². The molecule has 0 aliphatic carbocycles. The molecular weight excluding hydrogens is 384 g/mol. The van der Waals surface area contributed by atoms with Crippen molar-refractivity contribution in [2.75, 3.05) is 18.6 Å². The van der Waals surface area contributed by atoms with Crippen molar-refractivity contribution in [1.29, 1.82) is 0 Å². The van der Waals surface area contributed by atoms with Crippen molar-refractivity contribution in [3.8, 4) is 0 Å². The van der Waals surface area contributed by atoms with Gasteiger partial charge in [-0.25, -0.2) is 9.59 Å². The Morgan fingerprint density at radius 3 is 2.57 bits per heavy atom. The number of nitrogen functional groups attached to an aromatic ring is 1. The van der Waals surface area contributed by atoms with Gasteiger partial charge in [-0.3, -0.25) is 0 Å². The van der Waals surface area contributed by atoms with Crippen molar-refractivity contribution in [1.82, 2.24) is 5.32 Å². The highest BCUT2D eigenvalue weighted by Gasteiger charge is 2.25. The number of nitrogens with two attached hydrogens (primary N) is 1. The summed E-state index contributed by atoms with van der Waals surface area (Å²) in [5.41, 5.74) is 5.87. The van der Waals surface area contributed by atoms with Crippen LogP contribution in [0, 0.1) is 0 Å². The fourth-order valence-electron chi connectivity index (χ4n) is 1.58. The molecule has 0 radical (unpaired) electrons. The summed E-state index contributed by atoms with van der Waals surface area (Å²) in [7, 11) is 1.27. The van der Waals surface area contributed by atoms with Crippen LogP contribution >= 0.6 is 27.7 Å². The summed E-state index contributed by atoms with van der Waals surface area (Å²) in [5.74, 6) is -0.267. The number of amides is 1. The third-order valence-corrected chi connectivity index (χ3v) is 4.23. The second kappa shape index (κ2) is 8.44. The van der Waals surface area contributed by atoms with Gasteiger partial charge in [0.05, 0.1) is 7.11 Å². The van der Waals surface area contributed by atoms with Crippen molar-refractivity contribution >= 4 is 45.4 Å². The number of nitrogens with one attached hydrogen (secondary N) is 1. The summed E-state index contributed by atoms with van der Waals surface area (Å²) in [4.78, 5) is 24.5. The quantitative estimate of drug-likeness (QED) is 0.444. The van der Waals surface area contributed by atoms with Crippen LogP contribution in [0.2, 0.25) is 0 Å². The molecule has 1 aromatic carbocycles. The highest BCUT2D eigenvalue weighted by molar-refractivity contribution is 9.10. The van der Waals surface area contributed by atoms with Gasteiger partial charge in [-0.15, -0.1) is 11.8 Å². The SMILES string of the molecule is COC(=O)[C@@H](CSc1ccc(Br)cc1N)NC(=O)OC(C)(C)C. The number of esters is 1. The fraction of sp³-hybridized carbons (Fsp3) is 0.467. The van der Waals surface area contributed by atoms with Crippen LogP contribution in [0.1, 0.15) is 20.8 Å². The molecule has 0 bridgehead atoms. The van der Waals surface area contributed by atoms with Crippen LogP contribution in [0.4, 0.5) is 10.5 Å². The Balaban J connectivity index is 2.71. The lowest BCUT2D eigenvalue weighted by Gasteiger charge is -2.22. The highest BCUT2D eigenvalue weighted by Crippen LogP contribution is 2.28. The van der Waals surface area contributed by atoms with Gasteiger partial charge in [-0.05, 0) is 39.0 Å². The number of alkyl carbamates (subject to hydrolysis) is 1. The molecule has 0 aromatic heterocycles. The predicted octanol–water partition coefficient (Wildman–Crippen LogP) is 3.19. The third kappa shape index (κ3) is 7.13.